The highest BCUT2D eigenvalue weighted by molar-refractivity contribution is 6.07. The number of β-lactam (4-membered cyclic amide) rings is 1. The summed E-state index contributed by atoms with van der Waals surface area (Å²) in [7, 11) is 0. The molecule has 2 aliphatic rings. The van der Waals surface area contributed by atoms with Crippen molar-refractivity contribution >= 4 is 11.6 Å². The van der Waals surface area contributed by atoms with Crippen LogP contribution in [0.2, 0.25) is 0 Å². The van der Waals surface area contributed by atoms with Crippen LogP contribution >= 0.6 is 0 Å². The van der Waals surface area contributed by atoms with Crippen LogP contribution < -0.4 is 14.4 Å². The van der Waals surface area contributed by atoms with Gasteiger partial charge in [-0.3, -0.25) is 9.69 Å². The van der Waals surface area contributed by atoms with E-state index in [1.807, 2.05) is 0 Å². The molecule has 0 saturated carbocycles. The van der Waals surface area contributed by atoms with Gasteiger partial charge in [0.2, 0.25) is 6.79 Å². The lowest BCUT2D eigenvalue weighted by molar-refractivity contribution is -0.162. The Hall–Kier alpha value is -2.63. The number of benzene rings is 2. The monoisotopic (exact) mass is 303 g/mol. The van der Waals surface area contributed by atoms with Crippen molar-refractivity contribution in [1.29, 1.82) is 0 Å². The number of amides is 1. The summed E-state index contributed by atoms with van der Waals surface area (Å²) in [5.74, 6) is -3.62. The molecule has 0 N–H and O–H groups in total. The second kappa shape index (κ2) is 4.43. The molecule has 2 aliphatic heterocycles. The van der Waals surface area contributed by atoms with E-state index < -0.39 is 17.9 Å². The fourth-order valence-corrected chi connectivity index (χ4v) is 2.79. The third kappa shape index (κ3) is 1.70. The maximum Gasteiger partial charge on any atom is 0.349 e. The predicted octanol–water partition coefficient (Wildman–Crippen LogP) is 3.14. The van der Waals surface area contributed by atoms with Gasteiger partial charge in [-0.15, -0.1) is 0 Å². The normalized spacial score (nSPS) is 21.6. The van der Waals surface area contributed by atoms with E-state index in [0.29, 0.717) is 22.7 Å². The second-order valence-electron chi connectivity index (χ2n) is 5.15. The van der Waals surface area contributed by atoms with Crippen LogP contribution in [0.5, 0.6) is 11.5 Å². The Bertz CT molecular complexity index is 748. The molecule has 1 atom stereocenters. The molecule has 0 spiro atoms. The van der Waals surface area contributed by atoms with Gasteiger partial charge in [-0.05, 0) is 17.7 Å². The number of fused-ring (bicyclic) bond motifs is 1. The van der Waals surface area contributed by atoms with E-state index in [9.17, 15) is 13.6 Å². The number of alkyl halides is 2. The van der Waals surface area contributed by atoms with Gasteiger partial charge in [0, 0.05) is 11.8 Å². The third-order valence-electron chi connectivity index (χ3n) is 3.86. The van der Waals surface area contributed by atoms with Crippen molar-refractivity contribution in [3.8, 4) is 11.5 Å². The van der Waals surface area contributed by atoms with Crippen LogP contribution in [0.1, 0.15) is 11.6 Å². The molecule has 2 aromatic carbocycles. The lowest BCUT2D eigenvalue weighted by Gasteiger charge is -2.46. The molecule has 2 heterocycles. The van der Waals surface area contributed by atoms with Crippen LogP contribution in [0.15, 0.2) is 48.5 Å². The first-order valence-electron chi connectivity index (χ1n) is 6.75. The lowest BCUT2D eigenvalue weighted by Crippen LogP contribution is -2.64. The van der Waals surface area contributed by atoms with Gasteiger partial charge in [-0.25, -0.2) is 0 Å². The molecule has 0 bridgehead atoms. The van der Waals surface area contributed by atoms with E-state index in [1.165, 1.54) is 0 Å². The SMILES string of the molecule is O=C1N(c2ccc3c(c2)OCO3)[C@H](c2ccccc2)C1(F)F. The molecule has 0 radical (unpaired) electrons. The van der Waals surface area contributed by atoms with Crippen molar-refractivity contribution in [2.75, 3.05) is 11.7 Å². The summed E-state index contributed by atoms with van der Waals surface area (Å²) in [5, 5.41) is 0. The van der Waals surface area contributed by atoms with Crippen molar-refractivity contribution in [1.82, 2.24) is 0 Å². The maximum absolute atomic E-state index is 14.0. The molecule has 112 valence electrons. The average Bonchev–Trinajstić information content (AvgIpc) is 3.00. The molecular formula is C16H11F2NO3. The minimum atomic E-state index is -3.41. The predicted molar refractivity (Wildman–Crippen MR) is 74.2 cm³/mol. The first-order valence-corrected chi connectivity index (χ1v) is 6.75. The molecular weight excluding hydrogens is 292 g/mol. The maximum atomic E-state index is 14.0. The first-order chi connectivity index (χ1) is 10.6. The highest BCUT2D eigenvalue weighted by atomic mass is 19.3. The van der Waals surface area contributed by atoms with Crippen molar-refractivity contribution < 1.29 is 23.0 Å². The van der Waals surface area contributed by atoms with Crippen LogP contribution in [-0.4, -0.2) is 18.6 Å². The van der Waals surface area contributed by atoms with Gasteiger partial charge >= 0.3 is 11.8 Å². The van der Waals surface area contributed by atoms with Crippen LogP contribution in [0.3, 0.4) is 0 Å². The number of carbonyl (C=O) groups is 1. The van der Waals surface area contributed by atoms with E-state index in [-0.39, 0.29) is 6.79 Å². The molecule has 4 rings (SSSR count). The van der Waals surface area contributed by atoms with Gasteiger partial charge in [0.25, 0.3) is 0 Å². The molecule has 1 saturated heterocycles. The summed E-state index contributed by atoms with van der Waals surface area (Å²) in [6.45, 7) is 0.0883. The van der Waals surface area contributed by atoms with Gasteiger partial charge in [0.15, 0.2) is 11.5 Å². The highest BCUT2D eigenvalue weighted by Gasteiger charge is 2.64. The molecule has 22 heavy (non-hydrogen) atoms. The molecule has 4 nitrogen and oxygen atoms in total. The lowest BCUT2D eigenvalue weighted by atomic mass is 9.89. The Morgan fingerprint density at radius 1 is 1.05 bits per heavy atom. The number of anilines is 1. The minimum Gasteiger partial charge on any atom is -0.454 e. The average molecular weight is 303 g/mol. The van der Waals surface area contributed by atoms with Crippen LogP contribution in [-0.2, 0) is 4.79 Å². The van der Waals surface area contributed by atoms with Crippen LogP contribution in [0, 0.1) is 0 Å². The summed E-state index contributed by atoms with van der Waals surface area (Å²) in [6.07, 6.45) is 0. The smallest absolute Gasteiger partial charge is 0.349 e. The summed E-state index contributed by atoms with van der Waals surface area (Å²) in [6, 6.07) is 11.7. The van der Waals surface area contributed by atoms with Gasteiger partial charge in [-0.2, -0.15) is 8.78 Å². The Morgan fingerprint density at radius 2 is 1.77 bits per heavy atom. The minimum absolute atomic E-state index is 0.0883. The van der Waals surface area contributed by atoms with Gasteiger partial charge in [-0.1, -0.05) is 30.3 Å². The van der Waals surface area contributed by atoms with Gasteiger partial charge in [0.1, 0.15) is 6.04 Å². The Morgan fingerprint density at radius 3 is 2.55 bits per heavy atom. The molecule has 1 amide bonds. The number of ether oxygens (including phenoxy) is 2. The number of rotatable bonds is 2. The molecule has 0 aromatic heterocycles. The summed E-state index contributed by atoms with van der Waals surface area (Å²) in [5.41, 5.74) is 0.763. The largest absolute Gasteiger partial charge is 0.454 e. The van der Waals surface area contributed by atoms with E-state index in [1.54, 1.807) is 48.5 Å². The van der Waals surface area contributed by atoms with Crippen LogP contribution in [0.25, 0.3) is 0 Å². The molecule has 0 unspecified atom stereocenters. The zero-order chi connectivity index (χ0) is 15.3. The molecule has 2 aromatic rings. The quantitative estimate of drug-likeness (QED) is 0.800. The topological polar surface area (TPSA) is 38.8 Å². The zero-order valence-electron chi connectivity index (χ0n) is 11.3. The number of carbonyl (C=O) groups excluding carboxylic acids is 1. The summed E-state index contributed by atoms with van der Waals surface area (Å²) < 4.78 is 38.5. The van der Waals surface area contributed by atoms with E-state index in [2.05, 4.69) is 0 Å². The van der Waals surface area contributed by atoms with E-state index >= 15 is 0 Å². The van der Waals surface area contributed by atoms with Crippen molar-refractivity contribution in [3.63, 3.8) is 0 Å². The van der Waals surface area contributed by atoms with E-state index in [4.69, 9.17) is 9.47 Å². The van der Waals surface area contributed by atoms with Crippen molar-refractivity contribution in [2.45, 2.75) is 12.0 Å². The number of halogens is 2. The summed E-state index contributed by atoms with van der Waals surface area (Å²) >= 11 is 0. The number of nitrogens with zero attached hydrogens (tertiary/aromatic N) is 1. The molecule has 1 fully saturated rings. The fraction of sp³-hybridized carbons (Fsp3) is 0.188. The Balaban J connectivity index is 1.75. The third-order valence-corrected chi connectivity index (χ3v) is 3.86. The van der Waals surface area contributed by atoms with Crippen LogP contribution in [0.4, 0.5) is 14.5 Å². The summed E-state index contributed by atoms with van der Waals surface area (Å²) in [4.78, 5) is 13.0. The fourth-order valence-electron chi connectivity index (χ4n) is 2.79. The Labute approximate surface area is 124 Å². The zero-order valence-corrected chi connectivity index (χ0v) is 11.3. The van der Waals surface area contributed by atoms with Crippen molar-refractivity contribution in [3.05, 3.63) is 54.1 Å². The Kier molecular flexibility index (Phi) is 2.63. The van der Waals surface area contributed by atoms with Crippen molar-refractivity contribution in [2.24, 2.45) is 0 Å². The highest BCUT2D eigenvalue weighted by Crippen LogP contribution is 2.50. The molecule has 0 aliphatic carbocycles. The van der Waals surface area contributed by atoms with Gasteiger partial charge < -0.3 is 9.47 Å². The van der Waals surface area contributed by atoms with E-state index in [0.717, 1.165) is 4.90 Å². The molecule has 6 heteroatoms. The number of hydrogen-bond acceptors (Lipinski definition) is 3. The standard InChI is InChI=1S/C16H11F2NO3/c17-16(18)14(10-4-2-1-3-5-10)19(15(16)20)11-6-7-12-13(8-11)22-9-21-12/h1-8,14H,9H2/t14-/m1/s1. The second-order valence-corrected chi connectivity index (χ2v) is 5.15. The number of hydrogen-bond donors (Lipinski definition) is 0. The van der Waals surface area contributed by atoms with Gasteiger partial charge in [0.05, 0.1) is 0 Å². The first kappa shape index (κ1) is 13.1.